The van der Waals surface area contributed by atoms with Gasteiger partial charge in [-0.25, -0.2) is 4.79 Å². The first kappa shape index (κ1) is 29.9. The van der Waals surface area contributed by atoms with Crippen molar-refractivity contribution >= 4 is 6.09 Å². The van der Waals surface area contributed by atoms with Crippen LogP contribution in [0.25, 0.3) is 0 Å². The third kappa shape index (κ3) is 8.62. The van der Waals surface area contributed by atoms with Crippen molar-refractivity contribution < 1.29 is 52.2 Å². The molecule has 12 nitrogen and oxygen atoms in total. The van der Waals surface area contributed by atoms with Crippen LogP contribution >= 0.6 is 0 Å². The van der Waals surface area contributed by atoms with Crippen molar-refractivity contribution in [1.29, 1.82) is 0 Å². The van der Waals surface area contributed by atoms with Crippen molar-refractivity contribution in [3.05, 3.63) is 12.2 Å². The summed E-state index contributed by atoms with van der Waals surface area (Å²) in [5, 5.41) is 2.74. The van der Waals surface area contributed by atoms with E-state index in [-0.39, 0.29) is 26.4 Å². The number of carbonyl (C=O) groups is 1. The predicted octanol–water partition coefficient (Wildman–Crippen LogP) is 0.173. The lowest BCUT2D eigenvalue weighted by atomic mass is 10.00. The lowest BCUT2D eigenvalue weighted by Gasteiger charge is -2.40. The van der Waals surface area contributed by atoms with Crippen LogP contribution in [0, 0.1) is 0 Å². The van der Waals surface area contributed by atoms with Crippen LogP contribution in [0.15, 0.2) is 12.2 Å². The van der Waals surface area contributed by atoms with Crippen LogP contribution in [-0.2, 0) is 47.4 Å². The molecule has 0 radical (unpaired) electrons. The lowest BCUT2D eigenvalue weighted by molar-refractivity contribution is -0.212. The van der Waals surface area contributed by atoms with E-state index in [9.17, 15) is 4.79 Å². The Hall–Kier alpha value is -1.35. The average molecular weight is 508 g/mol. The fraction of sp³-hybridized carbons (Fsp3) is 0.870. The summed E-state index contributed by atoms with van der Waals surface area (Å²) >= 11 is 0. The molecule has 1 fully saturated rings. The van der Waals surface area contributed by atoms with Gasteiger partial charge in [0, 0.05) is 49.2 Å². The second-order valence-electron chi connectivity index (χ2n) is 8.09. The summed E-state index contributed by atoms with van der Waals surface area (Å²) in [5.41, 5.74) is 0. The van der Waals surface area contributed by atoms with Gasteiger partial charge in [0.1, 0.15) is 42.7 Å². The van der Waals surface area contributed by atoms with Gasteiger partial charge in [-0.3, -0.25) is 0 Å². The van der Waals surface area contributed by atoms with Crippen LogP contribution < -0.4 is 5.32 Å². The normalized spacial score (nSPS) is 37.3. The second-order valence-corrected chi connectivity index (χ2v) is 8.09. The fourth-order valence-electron chi connectivity index (χ4n) is 4.22. The van der Waals surface area contributed by atoms with Crippen molar-refractivity contribution in [3.8, 4) is 0 Å². The van der Waals surface area contributed by atoms with Gasteiger partial charge >= 0.3 is 6.09 Å². The number of amides is 1. The minimum absolute atomic E-state index is 0.0911. The number of methoxy groups -OCH3 is 6. The Morgan fingerprint density at radius 3 is 1.83 bits per heavy atom. The highest BCUT2D eigenvalue weighted by molar-refractivity contribution is 5.67. The fourth-order valence-corrected chi connectivity index (χ4v) is 4.22. The molecule has 0 unspecified atom stereocenters. The maximum absolute atomic E-state index is 12.8. The molecule has 0 aromatic heterocycles. The van der Waals surface area contributed by atoms with Crippen LogP contribution in [0.3, 0.4) is 0 Å². The molecule has 2 rings (SSSR count). The number of nitrogens with one attached hydrogen (secondary N) is 1. The third-order valence-corrected chi connectivity index (χ3v) is 6.16. The molecule has 0 aromatic rings. The van der Waals surface area contributed by atoms with E-state index in [0.717, 1.165) is 0 Å². The summed E-state index contributed by atoms with van der Waals surface area (Å²) in [6, 6.07) is 0. The topological polar surface area (TPSA) is 121 Å². The summed E-state index contributed by atoms with van der Waals surface area (Å²) in [6.45, 7) is 1.55. The first-order chi connectivity index (χ1) is 17.0. The van der Waals surface area contributed by atoms with E-state index >= 15 is 0 Å². The molecule has 2 heterocycles. The van der Waals surface area contributed by atoms with Gasteiger partial charge < -0.3 is 52.7 Å². The zero-order valence-electron chi connectivity index (χ0n) is 21.5. The van der Waals surface area contributed by atoms with Gasteiger partial charge in [-0.2, -0.15) is 0 Å². The van der Waals surface area contributed by atoms with E-state index in [0.29, 0.717) is 13.2 Å². The zero-order valence-corrected chi connectivity index (χ0v) is 21.5. The Labute approximate surface area is 207 Å². The van der Waals surface area contributed by atoms with Gasteiger partial charge in [-0.05, 0) is 0 Å². The van der Waals surface area contributed by atoms with E-state index in [4.69, 9.17) is 47.4 Å². The van der Waals surface area contributed by atoms with E-state index in [1.807, 2.05) is 12.2 Å². The Bertz CT molecular complexity index is 622. The molecule has 1 saturated heterocycles. The maximum atomic E-state index is 12.8. The highest BCUT2D eigenvalue weighted by Gasteiger charge is 2.44. The molecular formula is C23H41NO11. The van der Waals surface area contributed by atoms with Crippen LogP contribution in [0.1, 0.15) is 0 Å². The largest absolute Gasteiger partial charge is 0.440 e. The van der Waals surface area contributed by atoms with Crippen molar-refractivity contribution in [1.82, 2.24) is 5.32 Å². The van der Waals surface area contributed by atoms with Crippen LogP contribution in [0.2, 0.25) is 0 Å². The summed E-state index contributed by atoms with van der Waals surface area (Å²) < 4.78 is 56.8. The second kappa shape index (κ2) is 16.4. The van der Waals surface area contributed by atoms with Gasteiger partial charge in [0.05, 0.1) is 33.0 Å². The molecule has 2 aliphatic rings. The molecule has 0 aliphatic carbocycles. The van der Waals surface area contributed by atoms with Gasteiger partial charge in [0.25, 0.3) is 0 Å². The number of fused-ring (bicyclic) bond motifs is 1. The third-order valence-electron chi connectivity index (χ3n) is 6.16. The number of carbonyl (C=O) groups excluding carboxylic acids is 1. The van der Waals surface area contributed by atoms with E-state index in [2.05, 4.69) is 5.32 Å². The maximum Gasteiger partial charge on any atom is 0.407 e. The van der Waals surface area contributed by atoms with Crippen molar-refractivity contribution in [3.63, 3.8) is 0 Å². The van der Waals surface area contributed by atoms with E-state index in [1.165, 1.54) is 14.2 Å². The Morgan fingerprint density at radius 2 is 1.26 bits per heavy atom. The van der Waals surface area contributed by atoms with Crippen molar-refractivity contribution in [2.45, 2.75) is 48.8 Å². The smallest absolute Gasteiger partial charge is 0.407 e. The van der Waals surface area contributed by atoms with Crippen LogP contribution in [0.4, 0.5) is 4.79 Å². The molecule has 1 amide bonds. The SMILES string of the molecule is CO[C@H]1[C@H](OC)[C@H](OC)COC/C=C/COC[C@H]2OC[C@H](OC)[C@@H](OC)[C@@H]2OC(=O)NC[C@@H]1OC. The van der Waals surface area contributed by atoms with E-state index in [1.54, 1.807) is 28.4 Å². The average Bonchev–Trinajstić information content (AvgIpc) is 2.87. The van der Waals surface area contributed by atoms with Crippen molar-refractivity contribution in [2.24, 2.45) is 0 Å². The molecular weight excluding hydrogens is 466 g/mol. The molecule has 0 saturated carbocycles. The molecule has 0 aromatic carbocycles. The van der Waals surface area contributed by atoms with Crippen LogP contribution in [0.5, 0.6) is 0 Å². The summed E-state index contributed by atoms with van der Waals surface area (Å²) in [7, 11) is 9.29. The lowest BCUT2D eigenvalue weighted by Crippen LogP contribution is -2.58. The van der Waals surface area contributed by atoms with Crippen molar-refractivity contribution in [2.75, 3.05) is 82.2 Å². The predicted molar refractivity (Wildman–Crippen MR) is 124 cm³/mol. The van der Waals surface area contributed by atoms with Gasteiger partial charge in [-0.1, -0.05) is 12.2 Å². The molecule has 204 valence electrons. The molecule has 2 aliphatic heterocycles. The van der Waals surface area contributed by atoms with Gasteiger partial charge in [0.15, 0.2) is 6.10 Å². The number of alkyl carbamates (subject to hydrolysis) is 1. The minimum Gasteiger partial charge on any atom is -0.440 e. The molecule has 0 bridgehead atoms. The first-order valence-electron chi connectivity index (χ1n) is 11.6. The first-order valence-corrected chi connectivity index (χ1v) is 11.6. The zero-order chi connectivity index (χ0) is 25.6. The molecule has 0 spiro atoms. The number of rotatable bonds is 6. The summed E-state index contributed by atoms with van der Waals surface area (Å²) in [5.74, 6) is 0. The Morgan fingerprint density at radius 1 is 0.714 bits per heavy atom. The quantitative estimate of drug-likeness (QED) is 0.495. The number of hydrogen-bond donors (Lipinski definition) is 1. The Balaban J connectivity index is 2.23. The monoisotopic (exact) mass is 507 g/mol. The van der Waals surface area contributed by atoms with Gasteiger partial charge in [0.2, 0.25) is 0 Å². The summed E-state index contributed by atoms with van der Waals surface area (Å²) in [4.78, 5) is 12.8. The number of hydrogen-bond acceptors (Lipinski definition) is 11. The van der Waals surface area contributed by atoms with E-state index < -0.39 is 54.9 Å². The summed E-state index contributed by atoms with van der Waals surface area (Å²) in [6.07, 6.45) is -1.31. The molecule has 35 heavy (non-hydrogen) atoms. The van der Waals surface area contributed by atoms with Gasteiger partial charge in [-0.15, -0.1) is 0 Å². The number of ether oxygens (including phenoxy) is 10. The van der Waals surface area contributed by atoms with Crippen LogP contribution in [-0.4, -0.2) is 137 Å². The Kier molecular flexibility index (Phi) is 14.0. The minimum atomic E-state index is -0.756. The molecule has 12 heteroatoms. The molecule has 1 N–H and O–H groups in total. The highest BCUT2D eigenvalue weighted by atomic mass is 16.6. The molecule has 8 atom stereocenters. The highest BCUT2D eigenvalue weighted by Crippen LogP contribution is 2.24. The standard InChI is InChI=1S/C23H41NO11/c1-26-15-11-24-23(25)35-22-18(34-14-17(28-3)21(22)31-6)13-33-10-8-7-9-32-12-16(27-2)20(30-5)19(15)29-4/h7-8,15-22H,9-14H2,1-6H3,(H,24,25)/b8-7+/t15-,16+,17-,18+,19+,20+,21+,22+/m0/s1.